The van der Waals surface area contributed by atoms with Crippen molar-refractivity contribution in [1.29, 1.82) is 0 Å². The van der Waals surface area contributed by atoms with Gasteiger partial charge in [-0.2, -0.15) is 0 Å². The molecule has 3 amide bonds. The largest absolute Gasteiger partial charge is 0.480 e. The number of carboxylic acid groups (broad SMARTS) is 1. The first-order valence-corrected chi connectivity index (χ1v) is 31.5. The summed E-state index contributed by atoms with van der Waals surface area (Å²) in [5, 5.41) is 17.6. The first-order valence-electron chi connectivity index (χ1n) is 31.5. The molecule has 3 unspecified atom stereocenters. The highest BCUT2D eigenvalue weighted by Crippen LogP contribution is 2.18. The lowest BCUT2D eigenvalue weighted by atomic mass is 9.95. The van der Waals surface area contributed by atoms with Gasteiger partial charge in [0, 0.05) is 56.7 Å². The second-order valence-corrected chi connectivity index (χ2v) is 22.2. The Hall–Kier alpha value is -4.38. The van der Waals surface area contributed by atoms with Crippen molar-refractivity contribution in [3.63, 3.8) is 0 Å². The monoisotopic (exact) mass is 1140 g/mol. The van der Waals surface area contributed by atoms with Gasteiger partial charge in [0.15, 0.2) is 0 Å². The maximum absolute atomic E-state index is 12.3. The third-order valence-electron chi connectivity index (χ3n) is 14.8. The van der Waals surface area contributed by atoms with Gasteiger partial charge in [-0.05, 0) is 109 Å². The molecule has 0 saturated carbocycles. The molecule has 16 heteroatoms. The molecule has 1 aromatic rings. The molecule has 0 aliphatic heterocycles. The van der Waals surface area contributed by atoms with Gasteiger partial charge < -0.3 is 40.0 Å². The highest BCUT2D eigenvalue weighted by molar-refractivity contribution is 5.85. The highest BCUT2D eigenvalue weighted by Gasteiger charge is 2.21. The summed E-state index contributed by atoms with van der Waals surface area (Å²) >= 11 is 0. The fourth-order valence-electron chi connectivity index (χ4n) is 9.13. The van der Waals surface area contributed by atoms with Gasteiger partial charge in [0.05, 0.1) is 33.0 Å². The van der Waals surface area contributed by atoms with E-state index in [4.69, 9.17) is 18.9 Å². The van der Waals surface area contributed by atoms with Gasteiger partial charge in [0.25, 0.3) is 0 Å². The molecule has 466 valence electrons. The number of amides is 3. The van der Waals surface area contributed by atoms with Crippen LogP contribution in [0.3, 0.4) is 0 Å². The van der Waals surface area contributed by atoms with E-state index in [0.29, 0.717) is 32.5 Å². The third kappa shape index (κ3) is 48.8. The molecule has 81 heavy (non-hydrogen) atoms. The normalized spacial score (nSPS) is 12.6. The van der Waals surface area contributed by atoms with Crippen LogP contribution in [0.4, 0.5) is 0 Å². The van der Waals surface area contributed by atoms with E-state index >= 15 is 0 Å². The van der Waals surface area contributed by atoms with E-state index < -0.39 is 12.0 Å². The highest BCUT2D eigenvalue weighted by atomic mass is 16.5. The number of ether oxygens (including phenoxy) is 4. The van der Waals surface area contributed by atoms with Crippen molar-refractivity contribution in [1.82, 2.24) is 16.0 Å². The summed E-state index contributed by atoms with van der Waals surface area (Å²) in [6.07, 6.45) is 29.3. The molecule has 0 bridgehead atoms. The minimum Gasteiger partial charge on any atom is -0.480 e. The number of hydrogen-bond donors (Lipinski definition) is 4. The van der Waals surface area contributed by atoms with Gasteiger partial charge in [-0.15, -0.1) is 0 Å². The van der Waals surface area contributed by atoms with E-state index in [1.165, 1.54) is 88.2 Å². The van der Waals surface area contributed by atoms with Gasteiger partial charge in [0.2, 0.25) is 17.7 Å². The summed E-state index contributed by atoms with van der Waals surface area (Å²) in [6.45, 7) is 15.5. The van der Waals surface area contributed by atoms with Crippen LogP contribution in [-0.2, 0) is 70.1 Å². The molecule has 1 aromatic carbocycles. The van der Waals surface area contributed by atoms with Gasteiger partial charge in [-0.25, -0.2) is 4.79 Å². The lowest BCUT2D eigenvalue weighted by Gasteiger charge is -2.14. The number of Topliss-reactive ketones (excluding diaryl/α,β-unsaturated/α-hetero) is 4. The Morgan fingerprint density at radius 3 is 1.43 bits per heavy atom. The van der Waals surface area contributed by atoms with Crippen LogP contribution in [0, 0.1) is 17.8 Å². The van der Waals surface area contributed by atoms with Crippen molar-refractivity contribution < 1.29 is 62.4 Å². The topological polar surface area (TPSA) is 230 Å². The van der Waals surface area contributed by atoms with Crippen molar-refractivity contribution in [2.24, 2.45) is 17.8 Å². The molecule has 0 spiro atoms. The van der Waals surface area contributed by atoms with Crippen LogP contribution in [0.1, 0.15) is 239 Å². The summed E-state index contributed by atoms with van der Waals surface area (Å²) in [6, 6.07) is 7.65. The Kier molecular flexibility index (Phi) is 50.7. The number of carbonyl (C=O) groups is 8. The SMILES string of the molecule is CC(=O)C(C)CCCc1cccc(CCCC(C)C(C)=O)c1.CCCCCCCCCCCCCCCCCC(=O)NC(CCC(=O)CCCOCCOCC(=O)NCCOCCOCC(=O)NCCCC[C@H](CC)C(C)=O)C(=O)O. The number of rotatable bonds is 55. The summed E-state index contributed by atoms with van der Waals surface area (Å²) < 4.78 is 21.5. The van der Waals surface area contributed by atoms with Crippen LogP contribution >= 0.6 is 0 Å². The Bertz CT molecular complexity index is 1780. The van der Waals surface area contributed by atoms with Crippen LogP contribution in [-0.4, -0.2) is 124 Å². The summed E-state index contributed by atoms with van der Waals surface area (Å²) in [7, 11) is 0. The summed E-state index contributed by atoms with van der Waals surface area (Å²) in [5.41, 5.74) is 2.71. The number of unbranched alkanes of at least 4 members (excludes halogenated alkanes) is 15. The maximum Gasteiger partial charge on any atom is 0.326 e. The number of hydrogen-bond acceptors (Lipinski definition) is 12. The van der Waals surface area contributed by atoms with E-state index in [2.05, 4.69) is 47.1 Å². The van der Waals surface area contributed by atoms with Gasteiger partial charge in [-0.1, -0.05) is 148 Å². The zero-order valence-electron chi connectivity index (χ0n) is 51.7. The molecule has 4 N–H and O–H groups in total. The Morgan fingerprint density at radius 2 is 0.951 bits per heavy atom. The first kappa shape index (κ1) is 76.6. The van der Waals surface area contributed by atoms with Crippen LogP contribution in [0.25, 0.3) is 0 Å². The van der Waals surface area contributed by atoms with Crippen LogP contribution < -0.4 is 16.0 Å². The smallest absolute Gasteiger partial charge is 0.326 e. The van der Waals surface area contributed by atoms with Gasteiger partial charge in [0.1, 0.15) is 42.4 Å². The number of aryl methyl sites for hydroxylation is 2. The second kappa shape index (κ2) is 53.6. The minimum atomic E-state index is -1.13. The quantitative estimate of drug-likeness (QED) is 0.0445. The molecular formula is C65H113N3O13. The number of carboxylic acids is 1. The van der Waals surface area contributed by atoms with Crippen molar-refractivity contribution >= 4 is 46.8 Å². The summed E-state index contributed by atoms with van der Waals surface area (Å²) in [4.78, 5) is 94.0. The second-order valence-electron chi connectivity index (χ2n) is 22.2. The zero-order chi connectivity index (χ0) is 60.1. The number of benzene rings is 1. The predicted molar refractivity (Wildman–Crippen MR) is 322 cm³/mol. The van der Waals surface area contributed by atoms with E-state index in [1.807, 2.05) is 20.8 Å². The van der Waals surface area contributed by atoms with Crippen molar-refractivity contribution in [3.05, 3.63) is 35.4 Å². The molecular weight excluding hydrogens is 1030 g/mol. The number of aliphatic carboxylic acids is 1. The Labute approximate surface area is 489 Å². The first-order chi connectivity index (χ1) is 39.0. The average Bonchev–Trinajstić information content (AvgIpc) is 3.43. The average molecular weight is 1140 g/mol. The molecule has 0 heterocycles. The standard InChI is InChI=1S/C45H83N3O11.C20H30O2/c1-4-6-7-8-9-10-11-12-13-14-15-16-17-18-19-25-42(51)48-41(45(54)55)27-26-40(50)24-22-30-56-32-34-58-37-44(53)47-29-31-57-33-35-59-36-43(52)46-28-21-20-23-39(5-2)38(3)49;1-15(17(3)21)8-5-10-19-12-7-13-20(14-19)11-6-9-16(2)18(4)22/h39,41H,4-37H2,1-3H3,(H,46,52)(H,47,53)(H,48,51)(H,54,55);7,12-16H,5-6,8-11H2,1-4H3/t39-,41?;/m0./s1. The van der Waals surface area contributed by atoms with Crippen LogP contribution in [0.15, 0.2) is 24.3 Å². The molecule has 16 nitrogen and oxygen atoms in total. The Morgan fingerprint density at radius 1 is 0.469 bits per heavy atom. The lowest BCUT2D eigenvalue weighted by Crippen LogP contribution is -2.41. The van der Waals surface area contributed by atoms with E-state index in [1.54, 1.807) is 20.8 Å². The molecule has 0 aliphatic rings. The van der Waals surface area contributed by atoms with E-state index in [9.17, 15) is 43.5 Å². The van der Waals surface area contributed by atoms with Gasteiger partial charge >= 0.3 is 5.97 Å². The zero-order valence-corrected chi connectivity index (χ0v) is 51.7. The molecule has 4 atom stereocenters. The molecule has 0 saturated heterocycles. The van der Waals surface area contributed by atoms with Crippen molar-refractivity contribution in [2.45, 2.75) is 247 Å². The van der Waals surface area contributed by atoms with Crippen LogP contribution in [0.2, 0.25) is 0 Å². The fourth-order valence-corrected chi connectivity index (χ4v) is 9.13. The molecule has 0 aliphatic carbocycles. The Balaban J connectivity index is 0.00000241. The number of ketones is 4. The van der Waals surface area contributed by atoms with Crippen molar-refractivity contribution in [2.75, 3.05) is 65.9 Å². The predicted octanol–water partition coefficient (Wildman–Crippen LogP) is 11.8. The van der Waals surface area contributed by atoms with E-state index in [0.717, 1.165) is 83.5 Å². The molecule has 0 radical (unpaired) electrons. The van der Waals surface area contributed by atoms with Crippen molar-refractivity contribution in [3.8, 4) is 0 Å². The molecule has 0 aromatic heterocycles. The maximum atomic E-state index is 12.3. The lowest BCUT2D eigenvalue weighted by molar-refractivity contribution is -0.142. The minimum absolute atomic E-state index is 0.0546. The molecule has 0 fully saturated rings. The van der Waals surface area contributed by atoms with Crippen LogP contribution in [0.5, 0.6) is 0 Å². The fraction of sp³-hybridized carbons (Fsp3) is 0.785. The van der Waals surface area contributed by atoms with E-state index in [-0.39, 0.29) is 124 Å². The summed E-state index contributed by atoms with van der Waals surface area (Å²) in [5.74, 6) is -0.741. The van der Waals surface area contributed by atoms with Gasteiger partial charge in [-0.3, -0.25) is 33.6 Å². The number of carbonyl (C=O) groups excluding carboxylic acids is 7. The third-order valence-corrected chi connectivity index (χ3v) is 14.8. The molecule has 1 rings (SSSR count). The number of nitrogens with one attached hydrogen (secondary N) is 3.